The molecule has 0 aliphatic carbocycles. The molecule has 324 valence electrons. The van der Waals surface area contributed by atoms with Crippen LogP contribution in [0.1, 0.15) is 39.5 Å². The number of hydrogen-bond donors (Lipinski definition) is 2. The van der Waals surface area contributed by atoms with Gasteiger partial charge in [-0.1, -0.05) is 51.0 Å². The summed E-state index contributed by atoms with van der Waals surface area (Å²) in [6.07, 6.45) is 9.80. The highest BCUT2D eigenvalue weighted by atomic mass is 16.7. The van der Waals surface area contributed by atoms with Crippen molar-refractivity contribution in [3.05, 3.63) is 97.6 Å². The summed E-state index contributed by atoms with van der Waals surface area (Å²) < 4.78 is 24.0. The number of anilines is 2. The molecular formula is C44H52N12O6. The minimum Gasteiger partial charge on any atom is -0.445 e. The third-order valence-corrected chi connectivity index (χ3v) is 10.9. The van der Waals surface area contributed by atoms with E-state index in [1.54, 1.807) is 36.9 Å². The maximum absolute atomic E-state index is 13.4. The Morgan fingerprint density at radius 2 is 1.00 bits per heavy atom. The van der Waals surface area contributed by atoms with Gasteiger partial charge >= 0.3 is 24.5 Å². The first-order valence-electron chi connectivity index (χ1n) is 21.3. The Morgan fingerprint density at radius 3 is 1.39 bits per heavy atom. The van der Waals surface area contributed by atoms with E-state index in [9.17, 15) is 9.59 Å². The number of hydrogen-bond acceptors (Lipinski definition) is 18. The number of carbonyl (C=O) groups excluding carboxylic acids is 2. The zero-order valence-corrected chi connectivity index (χ0v) is 35.0. The van der Waals surface area contributed by atoms with E-state index >= 15 is 0 Å². The number of nitrogens with zero attached hydrogens (tertiary/aromatic N) is 10. The zero-order valence-electron chi connectivity index (χ0n) is 35.0. The SMILES string of the molecule is CCCC(NC1=Nc2ccccc2OC1OC(=O)/C=C/C(=O)OC1Oc2ccccc2N=C1NC(CCC)N1CCN(c2ncccn2)CC1)N1CCN(c2ncccn2)CC1. The van der Waals surface area contributed by atoms with Crippen molar-refractivity contribution < 1.29 is 28.5 Å². The lowest BCUT2D eigenvalue weighted by molar-refractivity contribution is -0.153. The van der Waals surface area contributed by atoms with Crippen molar-refractivity contribution in [3.63, 3.8) is 0 Å². The number of esters is 2. The van der Waals surface area contributed by atoms with Crippen molar-refractivity contribution >= 4 is 46.9 Å². The third-order valence-electron chi connectivity index (χ3n) is 10.9. The number of nitrogens with one attached hydrogen (secondary N) is 2. The normalized spacial score (nSPS) is 20.0. The van der Waals surface area contributed by atoms with Gasteiger partial charge in [0.15, 0.2) is 11.7 Å². The molecule has 4 aliphatic rings. The predicted octanol–water partition coefficient (Wildman–Crippen LogP) is 4.18. The van der Waals surface area contributed by atoms with Crippen molar-refractivity contribution in [3.8, 4) is 11.5 Å². The molecule has 4 aromatic rings. The molecule has 0 spiro atoms. The molecule has 2 aromatic heterocycles. The Labute approximate surface area is 360 Å². The quantitative estimate of drug-likeness (QED) is 0.136. The van der Waals surface area contributed by atoms with Gasteiger partial charge in [-0.2, -0.15) is 0 Å². The van der Waals surface area contributed by atoms with Gasteiger partial charge in [-0.05, 0) is 49.2 Å². The molecule has 2 saturated heterocycles. The molecule has 6 heterocycles. The second-order valence-electron chi connectivity index (χ2n) is 15.1. The van der Waals surface area contributed by atoms with Crippen LogP contribution in [0.5, 0.6) is 11.5 Å². The fourth-order valence-electron chi connectivity index (χ4n) is 7.75. The van der Waals surface area contributed by atoms with Crippen LogP contribution in [0.4, 0.5) is 23.3 Å². The molecule has 62 heavy (non-hydrogen) atoms. The lowest BCUT2D eigenvalue weighted by atomic mass is 10.2. The average Bonchev–Trinajstić information content (AvgIpc) is 3.31. The average molecular weight is 845 g/mol. The van der Waals surface area contributed by atoms with Crippen molar-refractivity contribution in [2.75, 3.05) is 62.2 Å². The van der Waals surface area contributed by atoms with Gasteiger partial charge in [-0.3, -0.25) is 9.80 Å². The van der Waals surface area contributed by atoms with E-state index in [0.29, 0.717) is 46.4 Å². The lowest BCUT2D eigenvalue weighted by Crippen LogP contribution is -2.58. The molecule has 0 radical (unpaired) electrons. The van der Waals surface area contributed by atoms with Crippen molar-refractivity contribution in [2.45, 2.75) is 64.4 Å². The number of para-hydroxylation sites is 4. The molecule has 0 bridgehead atoms. The number of ether oxygens (including phenoxy) is 4. The van der Waals surface area contributed by atoms with E-state index in [-0.39, 0.29) is 12.3 Å². The summed E-state index contributed by atoms with van der Waals surface area (Å²) in [4.78, 5) is 63.1. The molecule has 0 saturated carbocycles. The molecule has 0 amide bonds. The number of fused-ring (bicyclic) bond motifs is 2. The third kappa shape index (κ3) is 10.4. The summed E-state index contributed by atoms with van der Waals surface area (Å²) in [7, 11) is 0. The van der Waals surface area contributed by atoms with Crippen LogP contribution in [-0.2, 0) is 19.1 Å². The number of amidine groups is 2. The summed E-state index contributed by atoms with van der Waals surface area (Å²) in [5, 5.41) is 7.05. The van der Waals surface area contributed by atoms with E-state index in [2.05, 4.69) is 64.0 Å². The molecule has 2 fully saturated rings. The topological polar surface area (TPSA) is 184 Å². The minimum absolute atomic E-state index is 0.117. The molecule has 8 rings (SSSR count). The van der Waals surface area contributed by atoms with Gasteiger partial charge in [0, 0.05) is 89.3 Å². The molecule has 4 unspecified atom stereocenters. The van der Waals surface area contributed by atoms with E-state index in [1.165, 1.54) is 0 Å². The van der Waals surface area contributed by atoms with Gasteiger partial charge in [0.25, 0.3) is 0 Å². The first-order chi connectivity index (χ1) is 30.4. The molecule has 4 atom stereocenters. The molecule has 4 aliphatic heterocycles. The Kier molecular flexibility index (Phi) is 13.7. The fourth-order valence-corrected chi connectivity index (χ4v) is 7.75. The van der Waals surface area contributed by atoms with Crippen LogP contribution in [0.15, 0.2) is 108 Å². The van der Waals surface area contributed by atoms with E-state index < -0.39 is 24.5 Å². The highest BCUT2D eigenvalue weighted by molar-refractivity contribution is 5.97. The van der Waals surface area contributed by atoms with Gasteiger partial charge < -0.3 is 39.4 Å². The van der Waals surface area contributed by atoms with Crippen LogP contribution in [0, 0.1) is 0 Å². The summed E-state index contributed by atoms with van der Waals surface area (Å²) in [6, 6.07) is 18.2. The number of piperazine rings is 2. The lowest BCUT2D eigenvalue weighted by Gasteiger charge is -2.40. The maximum Gasteiger partial charge on any atom is 0.334 e. The summed E-state index contributed by atoms with van der Waals surface area (Å²) >= 11 is 0. The molecular weight excluding hydrogens is 793 g/mol. The number of benzene rings is 2. The van der Waals surface area contributed by atoms with Crippen molar-refractivity contribution in [2.24, 2.45) is 9.98 Å². The zero-order chi connectivity index (χ0) is 42.7. The second kappa shape index (κ2) is 20.3. The van der Waals surface area contributed by atoms with Crippen LogP contribution in [0.25, 0.3) is 0 Å². The van der Waals surface area contributed by atoms with Gasteiger partial charge in [0.2, 0.25) is 11.9 Å². The maximum atomic E-state index is 13.4. The number of aliphatic imine (C=N–C) groups is 2. The summed E-state index contributed by atoms with van der Waals surface area (Å²) in [5.41, 5.74) is 1.21. The van der Waals surface area contributed by atoms with Crippen LogP contribution >= 0.6 is 0 Å². The van der Waals surface area contributed by atoms with Crippen LogP contribution in [-0.4, -0.2) is 131 Å². The summed E-state index contributed by atoms with van der Waals surface area (Å²) in [6.45, 7) is 10.3. The first kappa shape index (κ1) is 42.0. The monoisotopic (exact) mass is 844 g/mol. The Balaban J connectivity index is 0.911. The summed E-state index contributed by atoms with van der Waals surface area (Å²) in [5.74, 6) is 1.39. The van der Waals surface area contributed by atoms with Crippen LogP contribution < -0.4 is 29.9 Å². The van der Waals surface area contributed by atoms with Crippen molar-refractivity contribution in [1.82, 2.24) is 40.4 Å². The van der Waals surface area contributed by atoms with Gasteiger partial charge in [-0.15, -0.1) is 0 Å². The Morgan fingerprint density at radius 1 is 0.613 bits per heavy atom. The minimum atomic E-state index is -1.20. The number of carbonyl (C=O) groups is 2. The van der Waals surface area contributed by atoms with E-state index in [0.717, 1.165) is 90.2 Å². The highest BCUT2D eigenvalue weighted by Gasteiger charge is 2.34. The predicted molar refractivity (Wildman–Crippen MR) is 233 cm³/mol. The number of aromatic nitrogens is 4. The first-order valence-corrected chi connectivity index (χ1v) is 21.3. The van der Waals surface area contributed by atoms with Gasteiger partial charge in [0.1, 0.15) is 22.9 Å². The largest absolute Gasteiger partial charge is 0.445 e. The van der Waals surface area contributed by atoms with Crippen LogP contribution in [0.2, 0.25) is 0 Å². The molecule has 2 aromatic carbocycles. The van der Waals surface area contributed by atoms with Crippen molar-refractivity contribution in [1.29, 1.82) is 0 Å². The molecule has 18 nitrogen and oxygen atoms in total. The smallest absolute Gasteiger partial charge is 0.334 e. The number of rotatable bonds is 14. The highest BCUT2D eigenvalue weighted by Crippen LogP contribution is 2.34. The molecule has 2 N–H and O–H groups in total. The molecule has 18 heteroatoms. The Bertz CT molecular complexity index is 2060. The fraction of sp³-hybridized carbons (Fsp3) is 0.409. The van der Waals surface area contributed by atoms with E-state index in [4.69, 9.17) is 28.9 Å². The standard InChI is InChI=1S/C44H52N12O6/c1-3-11-35(53-23-27-55(28-24-53)43-45-19-9-20-46-43)51-39-41(59-33-15-7-5-13-31(33)49-39)61-37(57)17-18-38(58)62-42-40(50-32-14-6-8-16-34(32)60-42)52-36(12-4-2)54-25-29-56(30-26-54)44-47-21-10-22-48-44/h5-10,13-22,35-36,41-42H,3-4,11-12,23-30H2,1-2H3,(H,49,51)(H,50,52)/b18-17+. The van der Waals surface area contributed by atoms with Crippen LogP contribution in [0.3, 0.4) is 0 Å². The Hall–Kier alpha value is -6.66. The second-order valence-corrected chi connectivity index (χ2v) is 15.1. The van der Waals surface area contributed by atoms with E-state index in [1.807, 2.05) is 48.5 Å². The van der Waals surface area contributed by atoms with Gasteiger partial charge in [0.05, 0.1) is 12.3 Å². The van der Waals surface area contributed by atoms with Gasteiger partial charge in [-0.25, -0.2) is 39.5 Å².